The van der Waals surface area contributed by atoms with Gasteiger partial charge >= 0.3 is 6.09 Å². The fourth-order valence-electron chi connectivity index (χ4n) is 3.94. The van der Waals surface area contributed by atoms with Gasteiger partial charge in [0.25, 0.3) is 0 Å². The van der Waals surface area contributed by atoms with Crippen molar-refractivity contribution in [2.75, 3.05) is 30.7 Å². The normalized spacial score (nSPS) is 14.4. The van der Waals surface area contributed by atoms with Crippen molar-refractivity contribution in [1.82, 2.24) is 19.9 Å². The zero-order chi connectivity index (χ0) is 24.8. The summed E-state index contributed by atoms with van der Waals surface area (Å²) in [5, 5.41) is 3.46. The van der Waals surface area contributed by atoms with Gasteiger partial charge in [-0.25, -0.2) is 14.8 Å². The molecular weight excluding hydrogens is 444 g/mol. The number of pyridine rings is 1. The molecule has 1 aliphatic heterocycles. The lowest BCUT2D eigenvalue weighted by Gasteiger charge is -2.33. The molecule has 9 nitrogen and oxygen atoms in total. The van der Waals surface area contributed by atoms with Gasteiger partial charge < -0.3 is 25.4 Å². The van der Waals surface area contributed by atoms with E-state index in [1.807, 2.05) is 45.0 Å². The Morgan fingerprint density at radius 2 is 1.71 bits per heavy atom. The Hall–Kier alpha value is -3.88. The molecule has 4 rings (SSSR count). The second-order valence-electron chi connectivity index (χ2n) is 9.58. The standard InChI is InChI=1S/C26H32N6O3/c1-26(2,3)35-25(33)32-14-10-18(11-15-32)16-29-24-22(23(27)30-17-31-24)19-4-6-20(7-5-19)34-21-8-12-28-13-9-21/h4-9,12-13,17-18H,10-11,14-16H2,1-3H3,(H3,27,29,30,31). The predicted octanol–water partition coefficient (Wildman–Crippen LogP) is 4.97. The van der Waals surface area contributed by atoms with Crippen molar-refractivity contribution in [3.8, 4) is 22.6 Å². The molecule has 1 aromatic carbocycles. The van der Waals surface area contributed by atoms with Gasteiger partial charge in [-0.05, 0) is 69.4 Å². The Morgan fingerprint density at radius 3 is 2.37 bits per heavy atom. The van der Waals surface area contributed by atoms with Gasteiger partial charge in [-0.3, -0.25) is 4.98 Å². The molecule has 0 saturated carbocycles. The zero-order valence-corrected chi connectivity index (χ0v) is 20.4. The smallest absolute Gasteiger partial charge is 0.410 e. The Labute approximate surface area is 205 Å². The van der Waals surface area contributed by atoms with Crippen molar-refractivity contribution in [1.29, 1.82) is 0 Å². The molecule has 1 amide bonds. The Balaban J connectivity index is 1.37. The zero-order valence-electron chi connectivity index (χ0n) is 20.4. The molecular formula is C26H32N6O3. The predicted molar refractivity (Wildman–Crippen MR) is 135 cm³/mol. The van der Waals surface area contributed by atoms with Gasteiger partial charge in [0.15, 0.2) is 0 Å². The van der Waals surface area contributed by atoms with Gasteiger partial charge in [0.2, 0.25) is 0 Å². The first kappa shape index (κ1) is 24.3. The van der Waals surface area contributed by atoms with Gasteiger partial charge in [0.05, 0.1) is 5.56 Å². The van der Waals surface area contributed by atoms with Crippen molar-refractivity contribution >= 4 is 17.7 Å². The van der Waals surface area contributed by atoms with E-state index in [1.165, 1.54) is 6.33 Å². The molecule has 0 spiro atoms. The maximum atomic E-state index is 12.3. The van der Waals surface area contributed by atoms with Gasteiger partial charge in [-0.1, -0.05) is 12.1 Å². The number of hydrogen-bond donors (Lipinski definition) is 2. The molecule has 3 aromatic rings. The van der Waals surface area contributed by atoms with Crippen LogP contribution in [0.4, 0.5) is 16.4 Å². The van der Waals surface area contributed by atoms with E-state index < -0.39 is 5.60 Å². The molecule has 1 aliphatic rings. The number of likely N-dealkylation sites (tertiary alicyclic amines) is 1. The topological polar surface area (TPSA) is 115 Å². The summed E-state index contributed by atoms with van der Waals surface area (Å²) in [6, 6.07) is 11.3. The Morgan fingerprint density at radius 1 is 1.06 bits per heavy atom. The molecule has 2 aromatic heterocycles. The number of nitrogens with zero attached hydrogens (tertiary/aromatic N) is 4. The summed E-state index contributed by atoms with van der Waals surface area (Å²) < 4.78 is 11.3. The maximum Gasteiger partial charge on any atom is 0.410 e. The van der Waals surface area contributed by atoms with Gasteiger partial charge in [-0.15, -0.1) is 0 Å². The lowest BCUT2D eigenvalue weighted by atomic mass is 9.97. The number of aromatic nitrogens is 3. The lowest BCUT2D eigenvalue weighted by molar-refractivity contribution is 0.0188. The van der Waals surface area contributed by atoms with Crippen LogP contribution in [0.25, 0.3) is 11.1 Å². The van der Waals surface area contributed by atoms with Crippen LogP contribution in [0, 0.1) is 5.92 Å². The van der Waals surface area contributed by atoms with Crippen LogP contribution in [0.5, 0.6) is 11.5 Å². The van der Waals surface area contributed by atoms with Crippen LogP contribution in [-0.4, -0.2) is 51.2 Å². The van der Waals surface area contributed by atoms with Crippen molar-refractivity contribution in [3.63, 3.8) is 0 Å². The minimum Gasteiger partial charge on any atom is -0.457 e. The quantitative estimate of drug-likeness (QED) is 0.512. The summed E-state index contributed by atoms with van der Waals surface area (Å²) in [4.78, 5) is 26.7. The van der Waals surface area contributed by atoms with Crippen LogP contribution in [-0.2, 0) is 4.74 Å². The Bertz CT molecular complexity index is 1120. The lowest BCUT2D eigenvalue weighted by Crippen LogP contribution is -2.42. The van der Waals surface area contributed by atoms with Gasteiger partial charge in [-0.2, -0.15) is 0 Å². The monoisotopic (exact) mass is 476 g/mol. The highest BCUT2D eigenvalue weighted by Crippen LogP contribution is 2.33. The molecule has 1 fully saturated rings. The summed E-state index contributed by atoms with van der Waals surface area (Å²) >= 11 is 0. The number of piperidine rings is 1. The molecule has 0 atom stereocenters. The van der Waals surface area contributed by atoms with Crippen molar-refractivity contribution < 1.29 is 14.3 Å². The SMILES string of the molecule is CC(C)(C)OC(=O)N1CCC(CNc2ncnc(N)c2-c2ccc(Oc3ccncc3)cc2)CC1. The van der Waals surface area contributed by atoms with E-state index in [4.69, 9.17) is 15.2 Å². The first-order chi connectivity index (χ1) is 16.8. The van der Waals surface area contributed by atoms with Crippen LogP contribution in [0.1, 0.15) is 33.6 Å². The van der Waals surface area contributed by atoms with Crippen molar-refractivity contribution in [2.45, 2.75) is 39.2 Å². The van der Waals surface area contributed by atoms with Crippen molar-refractivity contribution in [3.05, 3.63) is 55.1 Å². The molecule has 184 valence electrons. The third kappa shape index (κ3) is 6.59. The van der Waals surface area contributed by atoms with E-state index in [-0.39, 0.29) is 6.09 Å². The van der Waals surface area contributed by atoms with E-state index in [9.17, 15) is 4.79 Å². The number of carbonyl (C=O) groups excluding carboxylic acids is 1. The highest BCUT2D eigenvalue weighted by Gasteiger charge is 2.27. The summed E-state index contributed by atoms with van der Waals surface area (Å²) in [6.45, 7) is 7.74. The molecule has 3 N–H and O–H groups in total. The van der Waals surface area contributed by atoms with E-state index in [2.05, 4.69) is 20.3 Å². The number of rotatable bonds is 6. The fraction of sp³-hybridized carbons (Fsp3) is 0.385. The molecule has 0 unspecified atom stereocenters. The van der Waals surface area contributed by atoms with Crippen LogP contribution >= 0.6 is 0 Å². The number of nitrogens with two attached hydrogens (primary N) is 1. The second kappa shape index (κ2) is 10.6. The van der Waals surface area contributed by atoms with Crippen molar-refractivity contribution in [2.24, 2.45) is 5.92 Å². The van der Waals surface area contributed by atoms with Gasteiger partial charge in [0, 0.05) is 32.0 Å². The highest BCUT2D eigenvalue weighted by molar-refractivity contribution is 5.83. The number of amides is 1. The molecule has 3 heterocycles. The maximum absolute atomic E-state index is 12.3. The van der Waals surface area contributed by atoms with Gasteiger partial charge in [0.1, 0.15) is 35.1 Å². The van der Waals surface area contributed by atoms with Crippen LogP contribution in [0.15, 0.2) is 55.1 Å². The molecule has 1 saturated heterocycles. The molecule has 9 heteroatoms. The first-order valence-corrected chi connectivity index (χ1v) is 11.8. The number of hydrogen-bond acceptors (Lipinski definition) is 8. The number of ether oxygens (including phenoxy) is 2. The number of nitrogen functional groups attached to an aromatic ring is 1. The second-order valence-corrected chi connectivity index (χ2v) is 9.58. The van der Waals surface area contributed by atoms with Crippen LogP contribution < -0.4 is 15.8 Å². The molecule has 35 heavy (non-hydrogen) atoms. The number of carbonyl (C=O) groups is 1. The van der Waals surface area contributed by atoms with E-state index >= 15 is 0 Å². The average molecular weight is 477 g/mol. The van der Waals surface area contributed by atoms with E-state index in [0.717, 1.165) is 36.3 Å². The van der Waals surface area contributed by atoms with Crippen LogP contribution in [0.3, 0.4) is 0 Å². The third-order valence-electron chi connectivity index (χ3n) is 5.73. The molecule has 0 radical (unpaired) electrons. The minimum absolute atomic E-state index is 0.244. The number of nitrogens with one attached hydrogen (secondary N) is 1. The molecule has 0 aliphatic carbocycles. The number of anilines is 2. The largest absolute Gasteiger partial charge is 0.457 e. The minimum atomic E-state index is -0.484. The van der Waals surface area contributed by atoms with E-state index in [0.29, 0.717) is 36.4 Å². The molecule has 0 bridgehead atoms. The van der Waals surface area contributed by atoms with Crippen LogP contribution in [0.2, 0.25) is 0 Å². The highest BCUT2D eigenvalue weighted by atomic mass is 16.6. The summed E-state index contributed by atoms with van der Waals surface area (Å²) in [5.74, 6) is 2.94. The third-order valence-corrected chi connectivity index (χ3v) is 5.73. The van der Waals surface area contributed by atoms with E-state index in [1.54, 1.807) is 29.4 Å². The summed E-state index contributed by atoms with van der Waals surface area (Å²) in [6.07, 6.45) is 6.38. The summed E-state index contributed by atoms with van der Waals surface area (Å²) in [7, 11) is 0. The fourth-order valence-corrected chi connectivity index (χ4v) is 3.94. The summed E-state index contributed by atoms with van der Waals surface area (Å²) in [5.41, 5.74) is 7.41. The number of benzene rings is 1. The first-order valence-electron chi connectivity index (χ1n) is 11.8. The Kier molecular flexibility index (Phi) is 7.33. The average Bonchev–Trinajstić information content (AvgIpc) is 2.83.